The van der Waals surface area contributed by atoms with Crippen LogP contribution in [0, 0.1) is 23.1 Å². The highest BCUT2D eigenvalue weighted by Crippen LogP contribution is 2.46. The molecule has 1 saturated heterocycles. The van der Waals surface area contributed by atoms with Crippen LogP contribution in [0.25, 0.3) is 11.3 Å². The fraction of sp³-hybridized carbons (Fsp3) is 0.406. The average Bonchev–Trinajstić information content (AvgIpc) is 3.33. The van der Waals surface area contributed by atoms with E-state index in [0.29, 0.717) is 42.5 Å². The Kier molecular flexibility index (Phi) is 9.07. The molecule has 0 bridgehead atoms. The van der Waals surface area contributed by atoms with E-state index in [1.165, 1.54) is 29.9 Å². The van der Waals surface area contributed by atoms with E-state index < -0.39 is 23.1 Å². The van der Waals surface area contributed by atoms with Crippen molar-refractivity contribution in [2.45, 2.75) is 49.2 Å². The van der Waals surface area contributed by atoms with Crippen molar-refractivity contribution in [1.82, 2.24) is 14.7 Å². The number of thioether (sulfide) groups is 1. The molecule has 3 aromatic rings. The molecule has 2 fully saturated rings. The molecule has 2 aliphatic carbocycles. The van der Waals surface area contributed by atoms with Crippen LogP contribution in [0.2, 0.25) is 5.02 Å². The zero-order valence-corrected chi connectivity index (χ0v) is 25.6. The van der Waals surface area contributed by atoms with Gasteiger partial charge in [-0.3, -0.25) is 4.79 Å². The van der Waals surface area contributed by atoms with Crippen LogP contribution in [0.1, 0.15) is 63.2 Å². The number of hydrogen-bond acceptors (Lipinski definition) is 7. The van der Waals surface area contributed by atoms with Gasteiger partial charge < -0.3 is 14.8 Å². The van der Waals surface area contributed by atoms with Gasteiger partial charge in [-0.25, -0.2) is 9.18 Å². The third kappa shape index (κ3) is 5.86. The highest BCUT2D eigenvalue weighted by molar-refractivity contribution is 7.99. The summed E-state index contributed by atoms with van der Waals surface area (Å²) in [6, 6.07) is 10.9. The summed E-state index contributed by atoms with van der Waals surface area (Å²) < 4.78 is 16.2. The molecular formula is C32H32ClFN4O4S. The number of aromatic nitrogens is 2. The number of rotatable bonds is 6. The van der Waals surface area contributed by atoms with Crippen molar-refractivity contribution >= 4 is 41.5 Å². The molecular weight excluding hydrogens is 591 g/mol. The molecule has 224 valence electrons. The third-order valence-electron chi connectivity index (χ3n) is 8.69. The number of likely N-dealkylation sites (tertiary alicyclic amines) is 1. The summed E-state index contributed by atoms with van der Waals surface area (Å²) in [7, 11) is 2.16. The summed E-state index contributed by atoms with van der Waals surface area (Å²) in [5.74, 6) is -2.90. The van der Waals surface area contributed by atoms with E-state index in [1.54, 1.807) is 18.2 Å². The molecule has 6 rings (SSSR count). The minimum Gasteiger partial charge on any atom is -0.478 e. The molecule has 2 aromatic carbocycles. The molecule has 1 saturated carbocycles. The zero-order chi connectivity index (χ0) is 30.9. The van der Waals surface area contributed by atoms with Gasteiger partial charge in [0.2, 0.25) is 0 Å². The van der Waals surface area contributed by atoms with E-state index in [2.05, 4.69) is 29.4 Å². The van der Waals surface area contributed by atoms with Crippen LogP contribution in [0.15, 0.2) is 36.4 Å². The van der Waals surface area contributed by atoms with Crippen LogP contribution in [0.4, 0.5) is 4.39 Å². The lowest BCUT2D eigenvalue weighted by molar-refractivity contribution is -0.111. The molecule has 43 heavy (non-hydrogen) atoms. The maximum Gasteiger partial charge on any atom is 0.335 e. The van der Waals surface area contributed by atoms with Crippen LogP contribution >= 0.6 is 23.4 Å². The Bertz CT molecular complexity index is 1620. The van der Waals surface area contributed by atoms with Gasteiger partial charge in [-0.1, -0.05) is 23.7 Å². The first-order chi connectivity index (χ1) is 20.6. The number of halogens is 2. The first-order valence-corrected chi connectivity index (χ1v) is 15.8. The van der Waals surface area contributed by atoms with E-state index in [9.17, 15) is 24.8 Å². The number of benzene rings is 2. The van der Waals surface area contributed by atoms with Crippen molar-refractivity contribution < 1.29 is 23.9 Å². The number of carbonyl (C=O) groups excluding carboxylic acids is 2. The van der Waals surface area contributed by atoms with E-state index >= 15 is 4.39 Å². The molecule has 0 spiro atoms. The van der Waals surface area contributed by atoms with Crippen LogP contribution in [0.3, 0.4) is 0 Å². The van der Waals surface area contributed by atoms with Gasteiger partial charge in [-0.15, -0.1) is 0 Å². The van der Waals surface area contributed by atoms with E-state index in [1.807, 2.05) is 11.8 Å². The minimum atomic E-state index is -1.26. The summed E-state index contributed by atoms with van der Waals surface area (Å²) in [5, 5.41) is 24.7. The lowest BCUT2D eigenvalue weighted by Gasteiger charge is -2.37. The molecule has 1 unspecified atom stereocenters. The average molecular weight is 623 g/mol. The van der Waals surface area contributed by atoms with Gasteiger partial charge in [0.15, 0.2) is 0 Å². The second-order valence-corrected chi connectivity index (χ2v) is 13.0. The number of aromatic carboxylic acids is 1. The summed E-state index contributed by atoms with van der Waals surface area (Å²) in [5.41, 5.74) is 1.12. The number of aldehydes is 1. The number of nitrogens with zero attached hydrogens (tertiary/aromatic N) is 4. The Hall–Kier alpha value is -3.52. The molecule has 0 radical (unpaired) electrons. The van der Waals surface area contributed by atoms with Crippen molar-refractivity contribution in [3.8, 4) is 17.3 Å². The van der Waals surface area contributed by atoms with E-state index in [0.717, 1.165) is 24.0 Å². The van der Waals surface area contributed by atoms with Gasteiger partial charge in [0, 0.05) is 35.4 Å². The Morgan fingerprint density at radius 2 is 2.00 bits per heavy atom. The standard InChI is InChI=1S/C27H21ClFN3O4.C5H11NS/c28-20-4-1-3-19(27(14-30)9-2-10-27)23(20)25(34)32-22-11-15(13-33)5-7-18(22)24(31-32)17-8-6-16(26(35)36)12-21(17)29;1-6-3-5(4-6)7-2/h1,3-4,6,8,12-13,15H,2,5,7,9-11H2,(H,35,36);5H,3-4H2,1-2H3. The van der Waals surface area contributed by atoms with Gasteiger partial charge in [0.05, 0.1) is 39.0 Å². The molecule has 1 aromatic heterocycles. The second-order valence-electron chi connectivity index (χ2n) is 11.4. The number of fused-ring (bicyclic) bond motifs is 1. The fourth-order valence-electron chi connectivity index (χ4n) is 5.99. The van der Waals surface area contributed by atoms with Crippen LogP contribution in [0.5, 0.6) is 0 Å². The first kappa shape index (κ1) is 30.9. The van der Waals surface area contributed by atoms with Crippen molar-refractivity contribution in [2.75, 3.05) is 26.4 Å². The maximum atomic E-state index is 15.0. The number of carboxylic acids is 1. The smallest absolute Gasteiger partial charge is 0.335 e. The number of hydrogen-bond donors (Lipinski definition) is 1. The highest BCUT2D eigenvalue weighted by atomic mass is 35.5. The SMILES string of the molecule is CSC1CN(C)C1.N#CC1(c2cccc(Cl)c2C(=O)n2nc(-c3ccc(C(=O)O)cc3F)c3c2CC(C=O)CC3)CCC1. The molecule has 8 nitrogen and oxygen atoms in total. The normalized spacial score (nSPS) is 19.1. The lowest BCUT2D eigenvalue weighted by Crippen LogP contribution is -2.45. The van der Waals surface area contributed by atoms with Crippen molar-refractivity contribution in [2.24, 2.45) is 5.92 Å². The van der Waals surface area contributed by atoms with Crippen LogP contribution in [-0.2, 0) is 23.1 Å². The largest absolute Gasteiger partial charge is 0.478 e. The van der Waals surface area contributed by atoms with Crippen molar-refractivity contribution in [3.63, 3.8) is 0 Å². The predicted octanol–water partition coefficient (Wildman–Crippen LogP) is 5.64. The molecule has 1 N–H and O–H groups in total. The lowest BCUT2D eigenvalue weighted by atomic mass is 9.64. The number of carboxylic acid groups (broad SMARTS) is 1. The summed E-state index contributed by atoms with van der Waals surface area (Å²) in [4.78, 5) is 39.2. The Morgan fingerprint density at radius 1 is 1.26 bits per heavy atom. The first-order valence-electron chi connectivity index (χ1n) is 14.2. The van der Waals surface area contributed by atoms with Crippen LogP contribution in [-0.4, -0.2) is 69.6 Å². The summed E-state index contributed by atoms with van der Waals surface area (Å²) in [6.07, 6.45) is 6.27. The number of nitriles is 1. The van der Waals surface area contributed by atoms with Crippen molar-refractivity contribution in [3.05, 3.63) is 75.2 Å². The monoisotopic (exact) mass is 622 g/mol. The van der Waals surface area contributed by atoms with E-state index in [-0.39, 0.29) is 39.7 Å². The summed E-state index contributed by atoms with van der Waals surface area (Å²) >= 11 is 8.48. The summed E-state index contributed by atoms with van der Waals surface area (Å²) in [6.45, 7) is 2.59. The van der Waals surface area contributed by atoms with Gasteiger partial charge in [0.25, 0.3) is 5.91 Å². The molecule has 1 atom stereocenters. The predicted molar refractivity (Wildman–Crippen MR) is 163 cm³/mol. The van der Waals surface area contributed by atoms with Gasteiger partial charge in [-0.05, 0) is 81.7 Å². The van der Waals surface area contributed by atoms with Gasteiger partial charge >= 0.3 is 5.97 Å². The van der Waals surface area contributed by atoms with Gasteiger partial charge in [0.1, 0.15) is 12.1 Å². The Balaban J connectivity index is 0.000000463. The maximum absolute atomic E-state index is 15.0. The second kappa shape index (κ2) is 12.6. The fourth-order valence-corrected chi connectivity index (χ4v) is 7.05. The number of carbonyl (C=O) groups is 3. The molecule has 0 amide bonds. The Labute approximate surface area is 258 Å². The van der Waals surface area contributed by atoms with Crippen LogP contribution < -0.4 is 0 Å². The topological polar surface area (TPSA) is 116 Å². The molecule has 2 heterocycles. The highest BCUT2D eigenvalue weighted by Gasteiger charge is 2.43. The quantitative estimate of drug-likeness (QED) is 0.351. The third-order valence-corrected chi connectivity index (χ3v) is 9.97. The Morgan fingerprint density at radius 3 is 2.53 bits per heavy atom. The van der Waals surface area contributed by atoms with Crippen molar-refractivity contribution in [1.29, 1.82) is 5.26 Å². The molecule has 11 heteroatoms. The zero-order valence-electron chi connectivity index (χ0n) is 24.0. The minimum absolute atomic E-state index is 0.0687. The molecule has 3 aliphatic rings. The van der Waals surface area contributed by atoms with Gasteiger partial charge in [-0.2, -0.15) is 26.8 Å². The van der Waals surface area contributed by atoms with E-state index in [4.69, 9.17) is 11.6 Å². The molecule has 1 aliphatic heterocycles.